The second-order valence-electron chi connectivity index (χ2n) is 4.98. The highest BCUT2D eigenvalue weighted by atomic mass is 16.5. The van der Waals surface area contributed by atoms with Gasteiger partial charge in [-0.3, -0.25) is 9.59 Å². The van der Waals surface area contributed by atoms with E-state index in [9.17, 15) is 9.59 Å². The first kappa shape index (κ1) is 16.2. The van der Waals surface area contributed by atoms with Crippen LogP contribution in [0.15, 0.2) is 54.6 Å². The number of nitriles is 1. The van der Waals surface area contributed by atoms with Gasteiger partial charge in [-0.2, -0.15) is 5.26 Å². The molecule has 2 rings (SSSR count). The minimum absolute atomic E-state index is 0.0175. The summed E-state index contributed by atoms with van der Waals surface area (Å²) >= 11 is 0. The molecule has 0 aromatic heterocycles. The van der Waals surface area contributed by atoms with Crippen molar-refractivity contribution in [2.45, 2.75) is 19.4 Å². The van der Waals surface area contributed by atoms with Gasteiger partial charge in [-0.25, -0.2) is 0 Å². The highest BCUT2D eigenvalue weighted by molar-refractivity contribution is 5.77. The molecule has 1 atom stereocenters. The molecule has 23 heavy (non-hydrogen) atoms. The molecular formula is C18H16N2O3. The number of hydrogen-bond acceptors (Lipinski definition) is 4. The van der Waals surface area contributed by atoms with E-state index in [0.717, 1.165) is 5.56 Å². The molecule has 0 radical (unpaired) electrons. The number of ether oxygens (including phenoxy) is 1. The molecule has 0 heterocycles. The van der Waals surface area contributed by atoms with Gasteiger partial charge in [0.1, 0.15) is 5.75 Å². The van der Waals surface area contributed by atoms with Gasteiger partial charge in [0.25, 0.3) is 0 Å². The number of carbonyl (C=O) groups excluding carboxylic acids is 2. The van der Waals surface area contributed by atoms with E-state index in [1.54, 1.807) is 24.3 Å². The average Bonchev–Trinajstić information content (AvgIpc) is 2.55. The maximum atomic E-state index is 12.1. The quantitative estimate of drug-likeness (QED) is 0.680. The Labute approximate surface area is 134 Å². The molecule has 0 saturated carbocycles. The van der Waals surface area contributed by atoms with Crippen LogP contribution in [0, 0.1) is 11.3 Å². The molecule has 0 bridgehead atoms. The lowest BCUT2D eigenvalue weighted by molar-refractivity contribution is -0.135. The Morgan fingerprint density at radius 1 is 1.13 bits per heavy atom. The first-order valence-electron chi connectivity index (χ1n) is 7.11. The minimum atomic E-state index is -0.461. The van der Waals surface area contributed by atoms with Crippen LogP contribution < -0.4 is 10.1 Å². The zero-order valence-electron chi connectivity index (χ0n) is 12.7. The van der Waals surface area contributed by atoms with Gasteiger partial charge >= 0.3 is 5.97 Å². The van der Waals surface area contributed by atoms with Crippen molar-refractivity contribution < 1.29 is 14.3 Å². The van der Waals surface area contributed by atoms with Crippen molar-refractivity contribution in [3.8, 4) is 11.8 Å². The fourth-order valence-corrected chi connectivity index (χ4v) is 2.12. The number of amides is 1. The summed E-state index contributed by atoms with van der Waals surface area (Å²) in [6.45, 7) is 1.40. The number of benzene rings is 2. The third-order valence-electron chi connectivity index (χ3n) is 3.17. The highest BCUT2D eigenvalue weighted by Gasteiger charge is 2.18. The summed E-state index contributed by atoms with van der Waals surface area (Å²) in [4.78, 5) is 23.4. The van der Waals surface area contributed by atoms with Crippen LogP contribution >= 0.6 is 0 Å². The monoisotopic (exact) mass is 308 g/mol. The molecular weight excluding hydrogens is 292 g/mol. The molecule has 0 spiro atoms. The Bertz CT molecular complexity index is 718. The molecule has 0 unspecified atom stereocenters. The summed E-state index contributed by atoms with van der Waals surface area (Å²) in [5.74, 6) is -0.314. The highest BCUT2D eigenvalue weighted by Crippen LogP contribution is 2.19. The Kier molecular flexibility index (Phi) is 5.48. The maximum Gasteiger partial charge on any atom is 0.313 e. The number of rotatable bonds is 5. The van der Waals surface area contributed by atoms with Crippen LogP contribution in [0.3, 0.4) is 0 Å². The summed E-state index contributed by atoms with van der Waals surface area (Å²) < 4.78 is 5.25. The lowest BCUT2D eigenvalue weighted by atomic mass is 10.0. The van der Waals surface area contributed by atoms with E-state index in [-0.39, 0.29) is 12.3 Å². The van der Waals surface area contributed by atoms with Gasteiger partial charge in [0.05, 0.1) is 24.1 Å². The van der Waals surface area contributed by atoms with Crippen molar-refractivity contribution in [3.63, 3.8) is 0 Å². The summed E-state index contributed by atoms with van der Waals surface area (Å²) in [5.41, 5.74) is 1.32. The molecule has 2 aromatic rings. The van der Waals surface area contributed by atoms with E-state index >= 15 is 0 Å². The Balaban J connectivity index is 2.05. The standard InChI is InChI=1S/C18H16N2O3/c1-13(21)20-17(15-5-3-2-4-6-15)11-18(22)23-16-9-7-14(12-19)8-10-16/h2-10,17H,11H2,1H3,(H,20,21)/t17-/m1/s1. The van der Waals surface area contributed by atoms with E-state index in [1.165, 1.54) is 6.92 Å². The van der Waals surface area contributed by atoms with E-state index in [2.05, 4.69) is 5.32 Å². The zero-order chi connectivity index (χ0) is 16.7. The van der Waals surface area contributed by atoms with Crippen LogP contribution in [-0.2, 0) is 9.59 Å². The number of nitrogens with zero attached hydrogens (tertiary/aromatic N) is 1. The van der Waals surface area contributed by atoms with Crippen LogP contribution in [0.4, 0.5) is 0 Å². The van der Waals surface area contributed by atoms with E-state index in [1.807, 2.05) is 36.4 Å². The summed E-state index contributed by atoms with van der Waals surface area (Å²) in [6.07, 6.45) is 0.0175. The van der Waals surface area contributed by atoms with Gasteiger partial charge in [0.15, 0.2) is 0 Å². The van der Waals surface area contributed by atoms with Gasteiger partial charge in [-0.1, -0.05) is 30.3 Å². The van der Waals surface area contributed by atoms with E-state index < -0.39 is 12.0 Å². The third-order valence-corrected chi connectivity index (χ3v) is 3.17. The molecule has 116 valence electrons. The summed E-state index contributed by atoms with van der Waals surface area (Å²) in [6, 6.07) is 17.1. The second-order valence-corrected chi connectivity index (χ2v) is 4.98. The smallest absolute Gasteiger partial charge is 0.313 e. The molecule has 2 aromatic carbocycles. The van der Waals surface area contributed by atoms with Gasteiger partial charge < -0.3 is 10.1 Å². The first-order valence-corrected chi connectivity index (χ1v) is 7.11. The van der Waals surface area contributed by atoms with Crippen LogP contribution in [0.2, 0.25) is 0 Å². The Morgan fingerprint density at radius 3 is 2.35 bits per heavy atom. The predicted octanol–water partition coefficient (Wildman–Crippen LogP) is 2.73. The molecule has 0 aliphatic heterocycles. The minimum Gasteiger partial charge on any atom is -0.426 e. The fraction of sp³-hybridized carbons (Fsp3) is 0.167. The van der Waals surface area contributed by atoms with Crippen LogP contribution in [0.1, 0.15) is 30.5 Å². The number of hydrogen-bond donors (Lipinski definition) is 1. The topological polar surface area (TPSA) is 79.2 Å². The molecule has 0 aliphatic carbocycles. The van der Waals surface area contributed by atoms with Crippen molar-refractivity contribution in [2.24, 2.45) is 0 Å². The van der Waals surface area contributed by atoms with Crippen molar-refractivity contribution in [2.75, 3.05) is 0 Å². The maximum absolute atomic E-state index is 12.1. The zero-order valence-corrected chi connectivity index (χ0v) is 12.7. The lowest BCUT2D eigenvalue weighted by Crippen LogP contribution is -2.29. The Morgan fingerprint density at radius 2 is 1.78 bits per heavy atom. The number of carbonyl (C=O) groups is 2. The van der Waals surface area contributed by atoms with Crippen LogP contribution in [0.25, 0.3) is 0 Å². The average molecular weight is 308 g/mol. The van der Waals surface area contributed by atoms with Gasteiger partial charge in [0.2, 0.25) is 5.91 Å². The van der Waals surface area contributed by atoms with Crippen LogP contribution in [-0.4, -0.2) is 11.9 Å². The molecule has 5 nitrogen and oxygen atoms in total. The molecule has 0 saturated heterocycles. The molecule has 0 aliphatic rings. The van der Waals surface area contributed by atoms with Gasteiger partial charge in [-0.05, 0) is 29.8 Å². The summed E-state index contributed by atoms with van der Waals surface area (Å²) in [7, 11) is 0. The first-order chi connectivity index (χ1) is 11.1. The predicted molar refractivity (Wildman–Crippen MR) is 84.4 cm³/mol. The molecule has 1 N–H and O–H groups in total. The Hall–Kier alpha value is -3.13. The van der Waals surface area contributed by atoms with Gasteiger partial charge in [0, 0.05) is 6.92 Å². The number of esters is 1. The normalized spacial score (nSPS) is 11.1. The number of nitrogens with one attached hydrogen (secondary N) is 1. The fourth-order valence-electron chi connectivity index (χ4n) is 2.12. The third kappa shape index (κ3) is 4.97. The second kappa shape index (κ2) is 7.76. The SMILES string of the molecule is CC(=O)N[C@H](CC(=O)Oc1ccc(C#N)cc1)c1ccccc1. The van der Waals surface area contributed by atoms with Crippen molar-refractivity contribution in [1.82, 2.24) is 5.32 Å². The van der Waals surface area contributed by atoms with Gasteiger partial charge in [-0.15, -0.1) is 0 Å². The largest absolute Gasteiger partial charge is 0.426 e. The molecule has 1 amide bonds. The lowest BCUT2D eigenvalue weighted by Gasteiger charge is -2.17. The van der Waals surface area contributed by atoms with Crippen molar-refractivity contribution >= 4 is 11.9 Å². The molecule has 5 heteroatoms. The van der Waals surface area contributed by atoms with Crippen molar-refractivity contribution in [3.05, 3.63) is 65.7 Å². The van der Waals surface area contributed by atoms with Crippen LogP contribution in [0.5, 0.6) is 5.75 Å². The molecule has 0 fully saturated rings. The van der Waals surface area contributed by atoms with E-state index in [0.29, 0.717) is 11.3 Å². The van der Waals surface area contributed by atoms with Crippen molar-refractivity contribution in [1.29, 1.82) is 5.26 Å². The van der Waals surface area contributed by atoms with E-state index in [4.69, 9.17) is 10.00 Å². The summed E-state index contributed by atoms with van der Waals surface area (Å²) in [5, 5.41) is 11.5.